The Kier molecular flexibility index (Phi) is 6.68. The molecular formula is C7H15NO4P+. The van der Waals surface area contributed by atoms with Gasteiger partial charge >= 0.3 is 14.1 Å². The fourth-order valence-corrected chi connectivity index (χ4v) is 1.44. The lowest BCUT2D eigenvalue weighted by Gasteiger charge is -2.01. The van der Waals surface area contributed by atoms with Crippen LogP contribution >= 0.6 is 8.18 Å². The highest BCUT2D eigenvalue weighted by Gasteiger charge is 2.26. The lowest BCUT2D eigenvalue weighted by Crippen LogP contribution is -2.30. The molecule has 0 aliphatic heterocycles. The summed E-state index contributed by atoms with van der Waals surface area (Å²) < 4.78 is 20.3. The van der Waals surface area contributed by atoms with Gasteiger partial charge in [-0.15, -0.1) is 4.52 Å². The maximum absolute atomic E-state index is 11.0. The second-order valence-electron chi connectivity index (χ2n) is 2.46. The monoisotopic (exact) mass is 208 g/mol. The van der Waals surface area contributed by atoms with E-state index in [9.17, 15) is 9.36 Å². The summed E-state index contributed by atoms with van der Waals surface area (Å²) in [5, 5.41) is 2.48. The van der Waals surface area contributed by atoms with Crippen molar-refractivity contribution in [3.05, 3.63) is 0 Å². The first kappa shape index (κ1) is 12.5. The standard InChI is InChI=1S/C7H15NO4P/c1-4-5-12-13(10)8-6(2)7(9)11-3/h6H,4-5H2,1-3H3,(H,8,10)/q+1/t6-/m0/s1. The smallest absolute Gasteiger partial charge is 0.468 e. The van der Waals surface area contributed by atoms with Crippen LogP contribution in [0.3, 0.4) is 0 Å². The molecule has 0 fully saturated rings. The Balaban J connectivity index is 3.71. The molecule has 0 bridgehead atoms. The number of hydrogen-bond acceptors (Lipinski definition) is 4. The molecule has 1 N–H and O–H groups in total. The molecule has 0 radical (unpaired) electrons. The summed E-state index contributed by atoms with van der Waals surface area (Å²) in [6.45, 7) is 3.89. The minimum atomic E-state index is -1.96. The number of hydrogen-bond donors (Lipinski definition) is 1. The van der Waals surface area contributed by atoms with Crippen LogP contribution < -0.4 is 5.09 Å². The van der Waals surface area contributed by atoms with E-state index in [1.807, 2.05) is 6.92 Å². The van der Waals surface area contributed by atoms with Gasteiger partial charge in [-0.3, -0.25) is 4.79 Å². The molecule has 76 valence electrons. The van der Waals surface area contributed by atoms with Gasteiger partial charge in [-0.25, -0.2) is 0 Å². The van der Waals surface area contributed by atoms with E-state index in [0.29, 0.717) is 6.61 Å². The molecule has 1 unspecified atom stereocenters. The zero-order chi connectivity index (χ0) is 10.3. The maximum atomic E-state index is 11.0. The lowest BCUT2D eigenvalue weighted by atomic mass is 10.4. The quantitative estimate of drug-likeness (QED) is 0.525. The Hall–Kier alpha value is -0.510. The number of ether oxygens (including phenoxy) is 1. The molecule has 0 aromatic rings. The summed E-state index contributed by atoms with van der Waals surface area (Å²) >= 11 is 0. The molecule has 0 aromatic carbocycles. The second kappa shape index (κ2) is 6.95. The van der Waals surface area contributed by atoms with Crippen molar-refractivity contribution in [2.75, 3.05) is 13.7 Å². The van der Waals surface area contributed by atoms with Crippen molar-refractivity contribution in [2.45, 2.75) is 26.3 Å². The number of esters is 1. The van der Waals surface area contributed by atoms with Crippen LogP contribution in [0.2, 0.25) is 0 Å². The Bertz CT molecular complexity index is 185. The third-order valence-corrected chi connectivity index (χ3v) is 2.28. The van der Waals surface area contributed by atoms with Gasteiger partial charge in [-0.2, -0.15) is 0 Å². The first-order chi connectivity index (χ1) is 6.11. The Morgan fingerprint density at radius 3 is 2.69 bits per heavy atom. The van der Waals surface area contributed by atoms with E-state index in [2.05, 4.69) is 9.82 Å². The van der Waals surface area contributed by atoms with E-state index in [4.69, 9.17) is 4.52 Å². The second-order valence-corrected chi connectivity index (χ2v) is 3.49. The predicted molar refractivity (Wildman–Crippen MR) is 48.5 cm³/mol. The van der Waals surface area contributed by atoms with Crippen molar-refractivity contribution in [3.8, 4) is 0 Å². The number of methoxy groups -OCH3 is 1. The van der Waals surface area contributed by atoms with Gasteiger partial charge in [0.05, 0.1) is 7.11 Å². The van der Waals surface area contributed by atoms with E-state index in [-0.39, 0.29) is 0 Å². The summed E-state index contributed by atoms with van der Waals surface area (Å²) in [7, 11) is -0.687. The van der Waals surface area contributed by atoms with Gasteiger partial charge in [-0.05, 0) is 17.9 Å². The fraction of sp³-hybridized carbons (Fsp3) is 0.857. The molecule has 0 saturated heterocycles. The zero-order valence-electron chi connectivity index (χ0n) is 8.07. The highest BCUT2D eigenvalue weighted by atomic mass is 31.1. The van der Waals surface area contributed by atoms with E-state index in [1.54, 1.807) is 6.92 Å². The van der Waals surface area contributed by atoms with Crippen LogP contribution in [-0.2, 0) is 18.6 Å². The molecule has 6 heteroatoms. The fourth-order valence-electron chi connectivity index (χ4n) is 0.599. The Labute approximate surface area is 78.7 Å². The van der Waals surface area contributed by atoms with E-state index >= 15 is 0 Å². The normalized spacial score (nSPS) is 13.6. The van der Waals surface area contributed by atoms with Gasteiger partial charge < -0.3 is 4.74 Å². The van der Waals surface area contributed by atoms with Crippen molar-refractivity contribution >= 4 is 14.1 Å². The minimum Gasteiger partial charge on any atom is -0.468 e. The van der Waals surface area contributed by atoms with Crippen LogP contribution in [0.5, 0.6) is 0 Å². The molecule has 0 heterocycles. The third-order valence-electron chi connectivity index (χ3n) is 1.27. The minimum absolute atomic E-state index is 0.413. The molecule has 0 spiro atoms. The highest BCUT2D eigenvalue weighted by Crippen LogP contribution is 2.17. The summed E-state index contributed by atoms with van der Waals surface area (Å²) in [6, 6.07) is -0.606. The topological polar surface area (TPSA) is 64.6 Å². The Morgan fingerprint density at radius 1 is 1.62 bits per heavy atom. The van der Waals surface area contributed by atoms with E-state index in [0.717, 1.165) is 6.42 Å². The van der Waals surface area contributed by atoms with Crippen molar-refractivity contribution in [1.82, 2.24) is 5.09 Å². The van der Waals surface area contributed by atoms with E-state index in [1.165, 1.54) is 7.11 Å². The van der Waals surface area contributed by atoms with Crippen LogP contribution in [0.4, 0.5) is 0 Å². The van der Waals surface area contributed by atoms with E-state index < -0.39 is 20.2 Å². The molecule has 0 aliphatic rings. The van der Waals surface area contributed by atoms with Gasteiger partial charge in [0, 0.05) is 0 Å². The SMILES string of the molecule is CCCO[P+](=O)N[C@@H](C)C(=O)OC. The molecule has 0 rings (SSSR count). The first-order valence-electron chi connectivity index (χ1n) is 4.06. The van der Waals surface area contributed by atoms with Gasteiger partial charge in [-0.1, -0.05) is 12.0 Å². The Morgan fingerprint density at radius 2 is 2.23 bits per heavy atom. The molecule has 0 amide bonds. The van der Waals surface area contributed by atoms with Crippen LogP contribution in [0, 0.1) is 0 Å². The van der Waals surface area contributed by atoms with Gasteiger partial charge in [0.1, 0.15) is 12.6 Å². The molecule has 2 atom stereocenters. The summed E-state index contributed by atoms with van der Waals surface area (Å²) in [5.41, 5.74) is 0. The number of rotatable bonds is 6. The van der Waals surface area contributed by atoms with Crippen molar-refractivity contribution < 1.29 is 18.6 Å². The predicted octanol–water partition coefficient (Wildman–Crippen LogP) is 1.22. The summed E-state index contributed by atoms with van der Waals surface area (Å²) in [6.07, 6.45) is 0.787. The molecule has 0 aliphatic carbocycles. The third kappa shape index (κ3) is 5.69. The maximum Gasteiger partial charge on any atom is 0.613 e. The van der Waals surface area contributed by atoms with Crippen LogP contribution in [-0.4, -0.2) is 25.7 Å². The average Bonchev–Trinajstić information content (AvgIpc) is 2.13. The van der Waals surface area contributed by atoms with Crippen LogP contribution in [0.1, 0.15) is 20.3 Å². The number of carbonyl (C=O) groups excluding carboxylic acids is 1. The van der Waals surface area contributed by atoms with Crippen molar-refractivity contribution in [3.63, 3.8) is 0 Å². The summed E-state index contributed by atoms with van der Waals surface area (Å²) in [4.78, 5) is 10.9. The largest absolute Gasteiger partial charge is 0.613 e. The molecule has 13 heavy (non-hydrogen) atoms. The lowest BCUT2D eigenvalue weighted by molar-refractivity contribution is -0.142. The van der Waals surface area contributed by atoms with Crippen molar-refractivity contribution in [1.29, 1.82) is 0 Å². The van der Waals surface area contributed by atoms with Crippen molar-refractivity contribution in [2.24, 2.45) is 0 Å². The number of nitrogens with one attached hydrogen (secondary N) is 1. The highest BCUT2D eigenvalue weighted by molar-refractivity contribution is 7.36. The zero-order valence-corrected chi connectivity index (χ0v) is 8.97. The molecule has 5 nitrogen and oxygen atoms in total. The number of carbonyl (C=O) groups is 1. The molecule has 0 aromatic heterocycles. The van der Waals surface area contributed by atoms with Gasteiger partial charge in [0.25, 0.3) is 0 Å². The average molecular weight is 208 g/mol. The van der Waals surface area contributed by atoms with Crippen LogP contribution in [0.15, 0.2) is 0 Å². The summed E-state index contributed by atoms with van der Waals surface area (Å²) in [5.74, 6) is -0.455. The molecular weight excluding hydrogens is 193 g/mol. The first-order valence-corrected chi connectivity index (χ1v) is 5.23. The van der Waals surface area contributed by atoms with Crippen LogP contribution in [0.25, 0.3) is 0 Å². The van der Waals surface area contributed by atoms with Gasteiger partial charge in [0.2, 0.25) is 0 Å². The molecule has 0 saturated carbocycles. The van der Waals surface area contributed by atoms with Gasteiger partial charge in [0.15, 0.2) is 0 Å².